The van der Waals surface area contributed by atoms with Gasteiger partial charge in [0, 0.05) is 0 Å². The number of halogens is 1. The highest BCUT2D eigenvalue weighted by molar-refractivity contribution is 9.10. The van der Waals surface area contributed by atoms with Crippen molar-refractivity contribution in [2.24, 2.45) is 0 Å². The van der Waals surface area contributed by atoms with E-state index in [9.17, 15) is 4.79 Å². The number of benzene rings is 1. The highest BCUT2D eigenvalue weighted by Gasteiger charge is 2.24. The molecule has 0 bridgehead atoms. The van der Waals surface area contributed by atoms with Crippen LogP contribution in [-0.4, -0.2) is 10.2 Å². The molecule has 0 radical (unpaired) electrons. The van der Waals surface area contributed by atoms with E-state index < -0.39 is 4.32 Å². The predicted molar refractivity (Wildman–Crippen MR) is 80.1 cm³/mol. The van der Waals surface area contributed by atoms with E-state index in [-0.39, 0.29) is 11.9 Å². The molecule has 1 amide bonds. The van der Waals surface area contributed by atoms with E-state index in [4.69, 9.17) is 0 Å². The van der Waals surface area contributed by atoms with Crippen LogP contribution in [0, 0.1) is 0 Å². The first kappa shape index (κ1) is 15.2. The van der Waals surface area contributed by atoms with Gasteiger partial charge in [-0.15, -0.1) is 0 Å². The van der Waals surface area contributed by atoms with Gasteiger partial charge in [0.1, 0.15) is 0 Å². The number of alkyl halides is 1. The summed E-state index contributed by atoms with van der Waals surface area (Å²) >= 11 is 3.36. The van der Waals surface area contributed by atoms with Crippen LogP contribution in [0.1, 0.15) is 57.7 Å². The third-order valence-corrected chi connectivity index (χ3v) is 3.35. The first-order valence-electron chi connectivity index (χ1n) is 6.31. The fourth-order valence-electron chi connectivity index (χ4n) is 1.62. The number of nitrogens with one attached hydrogen (secondary N) is 1. The minimum atomic E-state index is -0.529. The van der Waals surface area contributed by atoms with E-state index in [1.54, 1.807) is 0 Å². The van der Waals surface area contributed by atoms with Crippen molar-refractivity contribution in [2.75, 3.05) is 0 Å². The molecule has 0 heterocycles. The van der Waals surface area contributed by atoms with Gasteiger partial charge in [0.05, 0.1) is 10.4 Å². The van der Waals surface area contributed by atoms with Gasteiger partial charge in [-0.1, -0.05) is 54.0 Å². The minimum Gasteiger partial charge on any atom is -0.348 e. The molecule has 1 aromatic carbocycles. The minimum absolute atomic E-state index is 0.00272. The number of carbonyl (C=O) groups excluding carboxylic acids is 1. The second kappa shape index (κ2) is 5.87. The van der Waals surface area contributed by atoms with E-state index >= 15 is 0 Å². The van der Waals surface area contributed by atoms with Crippen molar-refractivity contribution in [1.29, 1.82) is 0 Å². The summed E-state index contributed by atoms with van der Waals surface area (Å²) in [7, 11) is 0. The predicted octanol–water partition coefficient (Wildman–Crippen LogP) is 4.16. The lowest BCUT2D eigenvalue weighted by molar-refractivity contribution is -0.123. The van der Waals surface area contributed by atoms with Crippen molar-refractivity contribution in [1.82, 2.24) is 5.32 Å². The zero-order valence-corrected chi connectivity index (χ0v) is 13.3. The highest BCUT2D eigenvalue weighted by atomic mass is 79.9. The third kappa shape index (κ3) is 4.13. The lowest BCUT2D eigenvalue weighted by Gasteiger charge is -2.21. The molecule has 0 aliphatic rings. The van der Waals surface area contributed by atoms with Crippen LogP contribution in [0.15, 0.2) is 24.3 Å². The molecule has 0 fully saturated rings. The van der Waals surface area contributed by atoms with Gasteiger partial charge in [0.15, 0.2) is 0 Å². The average Bonchev–Trinajstić information content (AvgIpc) is 2.27. The molecule has 0 saturated heterocycles. The van der Waals surface area contributed by atoms with E-state index in [0.29, 0.717) is 5.92 Å². The maximum Gasteiger partial charge on any atom is 0.236 e. The Bertz CT molecular complexity index is 403. The number of hydrogen-bond acceptors (Lipinski definition) is 1. The second-order valence-electron chi connectivity index (χ2n) is 5.49. The van der Waals surface area contributed by atoms with E-state index in [1.807, 2.05) is 20.8 Å². The van der Waals surface area contributed by atoms with Gasteiger partial charge >= 0.3 is 0 Å². The zero-order valence-electron chi connectivity index (χ0n) is 11.8. The average molecular weight is 312 g/mol. The Kier molecular flexibility index (Phi) is 4.97. The fraction of sp³-hybridized carbons (Fsp3) is 0.533. The third-order valence-electron chi connectivity index (χ3n) is 2.99. The van der Waals surface area contributed by atoms with Crippen molar-refractivity contribution < 1.29 is 4.79 Å². The SMILES string of the molecule is CC(C)c1ccc(C(C)NC(=O)C(C)(C)Br)cc1. The van der Waals surface area contributed by atoms with E-state index in [2.05, 4.69) is 59.4 Å². The molecule has 2 nitrogen and oxygen atoms in total. The van der Waals surface area contributed by atoms with Crippen molar-refractivity contribution in [3.63, 3.8) is 0 Å². The Labute approximate surface area is 118 Å². The van der Waals surface area contributed by atoms with Gasteiger partial charge in [0.2, 0.25) is 5.91 Å². The number of hydrogen-bond donors (Lipinski definition) is 1. The Morgan fingerprint density at radius 2 is 1.56 bits per heavy atom. The highest BCUT2D eigenvalue weighted by Crippen LogP contribution is 2.21. The molecular formula is C15H22BrNO. The van der Waals surface area contributed by atoms with Crippen LogP contribution in [0.25, 0.3) is 0 Å². The summed E-state index contributed by atoms with van der Waals surface area (Å²) in [4.78, 5) is 11.9. The van der Waals surface area contributed by atoms with Crippen LogP contribution in [0.5, 0.6) is 0 Å². The van der Waals surface area contributed by atoms with Crippen LogP contribution in [0.4, 0.5) is 0 Å². The molecule has 1 N–H and O–H groups in total. The molecule has 1 unspecified atom stereocenters. The van der Waals surface area contributed by atoms with Gasteiger partial charge < -0.3 is 5.32 Å². The fourth-order valence-corrected chi connectivity index (χ4v) is 1.74. The molecule has 3 heteroatoms. The number of carbonyl (C=O) groups is 1. The molecule has 0 aliphatic carbocycles. The first-order valence-corrected chi connectivity index (χ1v) is 7.11. The normalized spacial score (nSPS) is 13.5. The molecule has 100 valence electrons. The molecule has 1 atom stereocenters. The Hall–Kier alpha value is -0.830. The van der Waals surface area contributed by atoms with Crippen LogP contribution < -0.4 is 5.32 Å². The summed E-state index contributed by atoms with van der Waals surface area (Å²) in [5.74, 6) is 0.536. The van der Waals surface area contributed by atoms with E-state index in [1.165, 1.54) is 5.56 Å². The van der Waals surface area contributed by atoms with Crippen LogP contribution in [0.3, 0.4) is 0 Å². The summed E-state index contributed by atoms with van der Waals surface area (Å²) in [5, 5.41) is 3.00. The first-order chi connectivity index (χ1) is 8.21. The maximum absolute atomic E-state index is 11.9. The Morgan fingerprint density at radius 1 is 1.11 bits per heavy atom. The zero-order chi connectivity index (χ0) is 13.9. The second-order valence-corrected chi connectivity index (χ2v) is 7.47. The lowest BCUT2D eigenvalue weighted by atomic mass is 9.99. The smallest absolute Gasteiger partial charge is 0.236 e. The van der Waals surface area contributed by atoms with Gasteiger partial charge in [-0.25, -0.2) is 0 Å². The molecule has 0 spiro atoms. The summed E-state index contributed by atoms with van der Waals surface area (Å²) in [6.45, 7) is 10.0. The molecule has 0 aromatic heterocycles. The van der Waals surface area contributed by atoms with Crippen molar-refractivity contribution in [3.8, 4) is 0 Å². The topological polar surface area (TPSA) is 29.1 Å². The Balaban J connectivity index is 2.73. The Morgan fingerprint density at radius 3 is 1.94 bits per heavy atom. The molecule has 0 aliphatic heterocycles. The van der Waals surface area contributed by atoms with Gasteiger partial charge in [-0.2, -0.15) is 0 Å². The quantitative estimate of drug-likeness (QED) is 0.831. The van der Waals surface area contributed by atoms with Gasteiger partial charge in [-0.05, 0) is 37.8 Å². The largest absolute Gasteiger partial charge is 0.348 e. The van der Waals surface area contributed by atoms with Gasteiger partial charge in [-0.3, -0.25) is 4.79 Å². The molecular weight excluding hydrogens is 290 g/mol. The lowest BCUT2D eigenvalue weighted by Crippen LogP contribution is -2.38. The maximum atomic E-state index is 11.9. The summed E-state index contributed by atoms with van der Waals surface area (Å²) in [6.07, 6.45) is 0. The summed E-state index contributed by atoms with van der Waals surface area (Å²) in [6, 6.07) is 8.45. The number of amides is 1. The molecule has 1 aromatic rings. The van der Waals surface area contributed by atoms with E-state index in [0.717, 1.165) is 5.56 Å². The summed E-state index contributed by atoms with van der Waals surface area (Å²) in [5.41, 5.74) is 2.45. The van der Waals surface area contributed by atoms with Crippen LogP contribution in [0.2, 0.25) is 0 Å². The molecule has 18 heavy (non-hydrogen) atoms. The monoisotopic (exact) mass is 311 g/mol. The van der Waals surface area contributed by atoms with Crippen molar-refractivity contribution in [3.05, 3.63) is 35.4 Å². The molecule has 1 rings (SSSR count). The summed E-state index contributed by atoms with van der Waals surface area (Å²) < 4.78 is -0.529. The standard InChI is InChI=1S/C15H22BrNO/c1-10(2)12-6-8-13(9-7-12)11(3)17-14(18)15(4,5)16/h6-11H,1-5H3,(H,17,18). The van der Waals surface area contributed by atoms with Crippen LogP contribution >= 0.6 is 15.9 Å². The number of rotatable bonds is 4. The van der Waals surface area contributed by atoms with Crippen molar-refractivity contribution in [2.45, 2.75) is 50.9 Å². The molecule has 0 saturated carbocycles. The van der Waals surface area contributed by atoms with Crippen LogP contribution in [-0.2, 0) is 4.79 Å². The van der Waals surface area contributed by atoms with Gasteiger partial charge in [0.25, 0.3) is 0 Å². The van der Waals surface area contributed by atoms with Crippen molar-refractivity contribution >= 4 is 21.8 Å².